The van der Waals surface area contributed by atoms with Crippen LogP contribution in [0.3, 0.4) is 0 Å². The Kier molecular flexibility index (Phi) is 3.95. The number of likely N-dealkylation sites (tertiary alicyclic amines) is 1. The number of ether oxygens (including phenoxy) is 3. The summed E-state index contributed by atoms with van der Waals surface area (Å²) < 4.78 is 16.9. The van der Waals surface area contributed by atoms with Gasteiger partial charge in [0.15, 0.2) is 17.3 Å². The van der Waals surface area contributed by atoms with E-state index < -0.39 is 5.60 Å². The fourth-order valence-corrected chi connectivity index (χ4v) is 4.17. The van der Waals surface area contributed by atoms with Gasteiger partial charge in [0.05, 0.1) is 23.6 Å². The molecule has 29 heavy (non-hydrogen) atoms. The smallest absolute Gasteiger partial charge is 0.253 e. The molecule has 1 amide bonds. The van der Waals surface area contributed by atoms with E-state index in [1.807, 2.05) is 6.07 Å². The van der Waals surface area contributed by atoms with E-state index in [1.165, 1.54) is 0 Å². The van der Waals surface area contributed by atoms with E-state index in [9.17, 15) is 9.59 Å². The standard InChI is InChI=1S/C22H18N2O5/c23-12-14-1-3-18-16(9-14)17(25)11-22(29-18)5-7-24(8-6-22)21(26)15-2-4-19-20(10-15)28-13-27-19/h1-4,9-10H,5-8,11,13H2. The molecule has 2 aromatic carbocycles. The van der Waals surface area contributed by atoms with Crippen LogP contribution in [0.1, 0.15) is 45.5 Å². The minimum atomic E-state index is -0.593. The number of nitriles is 1. The Hall–Kier alpha value is -3.53. The second kappa shape index (κ2) is 6.52. The molecular weight excluding hydrogens is 372 g/mol. The Labute approximate surface area is 167 Å². The number of hydrogen-bond donors (Lipinski definition) is 0. The molecule has 0 radical (unpaired) electrons. The zero-order chi connectivity index (χ0) is 20.0. The number of hydrogen-bond acceptors (Lipinski definition) is 6. The summed E-state index contributed by atoms with van der Waals surface area (Å²) in [6.07, 6.45) is 1.42. The molecule has 7 heteroatoms. The normalized spacial score (nSPS) is 18.7. The molecule has 2 aromatic rings. The van der Waals surface area contributed by atoms with Crippen LogP contribution in [-0.2, 0) is 0 Å². The number of Topliss-reactive ketones (excluding diaryl/α,β-unsaturated/α-hetero) is 1. The minimum Gasteiger partial charge on any atom is -0.486 e. The number of amides is 1. The summed E-state index contributed by atoms with van der Waals surface area (Å²) in [4.78, 5) is 27.4. The fourth-order valence-electron chi connectivity index (χ4n) is 4.17. The molecule has 1 fully saturated rings. The van der Waals surface area contributed by atoms with Crippen molar-refractivity contribution in [3.63, 3.8) is 0 Å². The predicted octanol–water partition coefficient (Wildman–Crippen LogP) is 2.93. The molecule has 1 spiro atoms. The molecule has 0 aromatic heterocycles. The molecule has 5 rings (SSSR count). The van der Waals surface area contributed by atoms with Gasteiger partial charge < -0.3 is 19.1 Å². The van der Waals surface area contributed by atoms with Crippen molar-refractivity contribution in [2.24, 2.45) is 0 Å². The van der Waals surface area contributed by atoms with Crippen LogP contribution < -0.4 is 14.2 Å². The zero-order valence-electron chi connectivity index (χ0n) is 15.6. The maximum Gasteiger partial charge on any atom is 0.253 e. The Morgan fingerprint density at radius 3 is 2.59 bits per heavy atom. The van der Waals surface area contributed by atoms with E-state index in [0.29, 0.717) is 59.9 Å². The number of nitrogens with zero attached hydrogens (tertiary/aromatic N) is 2. The van der Waals surface area contributed by atoms with Crippen LogP contribution in [0.25, 0.3) is 0 Å². The lowest BCUT2D eigenvalue weighted by molar-refractivity contribution is -0.00572. The first kappa shape index (κ1) is 17.6. The number of ketones is 1. The zero-order valence-corrected chi connectivity index (χ0v) is 15.6. The predicted molar refractivity (Wildman–Crippen MR) is 101 cm³/mol. The Balaban J connectivity index is 1.30. The molecule has 0 atom stereocenters. The van der Waals surface area contributed by atoms with E-state index in [-0.39, 0.29) is 24.9 Å². The summed E-state index contributed by atoms with van der Waals surface area (Å²) in [5.41, 5.74) is 0.874. The van der Waals surface area contributed by atoms with Gasteiger partial charge in [-0.1, -0.05) is 0 Å². The highest BCUT2D eigenvalue weighted by Crippen LogP contribution is 2.40. The third kappa shape index (κ3) is 2.97. The maximum absolute atomic E-state index is 12.9. The van der Waals surface area contributed by atoms with Crippen LogP contribution in [0.2, 0.25) is 0 Å². The lowest BCUT2D eigenvalue weighted by Crippen LogP contribution is -2.52. The summed E-state index contributed by atoms with van der Waals surface area (Å²) in [5.74, 6) is 1.67. The minimum absolute atomic E-state index is 0.0149. The van der Waals surface area contributed by atoms with Gasteiger partial charge in [0.25, 0.3) is 5.91 Å². The average Bonchev–Trinajstić information content (AvgIpc) is 3.21. The SMILES string of the molecule is N#Cc1ccc2c(c1)C(=O)CC1(CCN(C(=O)c3ccc4c(c3)OCO4)CC1)O2. The second-order valence-corrected chi connectivity index (χ2v) is 7.57. The van der Waals surface area contributed by atoms with Gasteiger partial charge in [0, 0.05) is 31.5 Å². The first-order valence-corrected chi connectivity index (χ1v) is 9.52. The summed E-state index contributed by atoms with van der Waals surface area (Å²) >= 11 is 0. The highest BCUT2D eigenvalue weighted by Gasteiger charge is 2.43. The molecule has 0 unspecified atom stereocenters. The van der Waals surface area contributed by atoms with Crippen LogP contribution in [-0.4, -0.2) is 42.1 Å². The van der Waals surface area contributed by atoms with Crippen molar-refractivity contribution in [1.82, 2.24) is 4.90 Å². The number of carbonyl (C=O) groups is 2. The lowest BCUT2D eigenvalue weighted by atomic mass is 9.82. The van der Waals surface area contributed by atoms with Gasteiger partial charge in [-0.2, -0.15) is 5.26 Å². The van der Waals surface area contributed by atoms with E-state index in [0.717, 1.165) is 0 Å². The van der Waals surface area contributed by atoms with E-state index in [2.05, 4.69) is 0 Å². The van der Waals surface area contributed by atoms with Gasteiger partial charge in [0.2, 0.25) is 6.79 Å². The van der Waals surface area contributed by atoms with Crippen molar-refractivity contribution in [2.75, 3.05) is 19.9 Å². The topological polar surface area (TPSA) is 88.9 Å². The molecule has 146 valence electrons. The fraction of sp³-hybridized carbons (Fsp3) is 0.318. The summed E-state index contributed by atoms with van der Waals surface area (Å²) in [6.45, 7) is 1.18. The highest BCUT2D eigenvalue weighted by atomic mass is 16.7. The lowest BCUT2D eigenvalue weighted by Gasteiger charge is -2.44. The van der Waals surface area contributed by atoms with Gasteiger partial charge in [-0.25, -0.2) is 0 Å². The maximum atomic E-state index is 12.9. The van der Waals surface area contributed by atoms with Crippen molar-refractivity contribution in [2.45, 2.75) is 24.9 Å². The molecule has 1 saturated heterocycles. The quantitative estimate of drug-likeness (QED) is 0.744. The van der Waals surface area contributed by atoms with Crippen molar-refractivity contribution in [3.05, 3.63) is 53.1 Å². The highest BCUT2D eigenvalue weighted by molar-refractivity contribution is 6.01. The molecule has 0 aliphatic carbocycles. The largest absolute Gasteiger partial charge is 0.486 e. The molecule has 0 N–H and O–H groups in total. The summed E-state index contributed by atoms with van der Waals surface area (Å²) in [6, 6.07) is 12.2. The average molecular weight is 390 g/mol. The Morgan fingerprint density at radius 2 is 1.79 bits per heavy atom. The van der Waals surface area contributed by atoms with Crippen molar-refractivity contribution >= 4 is 11.7 Å². The van der Waals surface area contributed by atoms with Gasteiger partial charge in [-0.05, 0) is 36.4 Å². The molecular formula is C22H18N2O5. The van der Waals surface area contributed by atoms with Gasteiger partial charge in [-0.15, -0.1) is 0 Å². The van der Waals surface area contributed by atoms with Gasteiger partial charge in [0.1, 0.15) is 11.4 Å². The van der Waals surface area contributed by atoms with Crippen LogP contribution in [0.5, 0.6) is 17.2 Å². The molecule has 0 saturated carbocycles. The third-order valence-corrected chi connectivity index (χ3v) is 5.80. The van der Waals surface area contributed by atoms with Crippen molar-refractivity contribution < 1.29 is 23.8 Å². The monoisotopic (exact) mass is 390 g/mol. The molecule has 3 aliphatic rings. The number of piperidine rings is 1. The van der Waals surface area contributed by atoms with Gasteiger partial charge >= 0.3 is 0 Å². The van der Waals surface area contributed by atoms with Crippen molar-refractivity contribution in [1.29, 1.82) is 5.26 Å². The molecule has 3 aliphatic heterocycles. The Morgan fingerprint density at radius 1 is 1.03 bits per heavy atom. The second-order valence-electron chi connectivity index (χ2n) is 7.57. The van der Waals surface area contributed by atoms with E-state index >= 15 is 0 Å². The number of rotatable bonds is 1. The van der Waals surface area contributed by atoms with Gasteiger partial charge in [-0.3, -0.25) is 9.59 Å². The first-order chi connectivity index (χ1) is 14.1. The number of carbonyl (C=O) groups excluding carboxylic acids is 2. The van der Waals surface area contributed by atoms with E-state index in [1.54, 1.807) is 41.3 Å². The molecule has 3 heterocycles. The first-order valence-electron chi connectivity index (χ1n) is 9.52. The number of benzene rings is 2. The summed E-state index contributed by atoms with van der Waals surface area (Å²) in [5, 5.41) is 9.04. The molecule has 0 bridgehead atoms. The van der Waals surface area contributed by atoms with E-state index in [4.69, 9.17) is 19.5 Å². The Bertz CT molecular complexity index is 1060. The number of fused-ring (bicyclic) bond motifs is 2. The van der Waals surface area contributed by atoms with Crippen molar-refractivity contribution in [3.8, 4) is 23.3 Å². The van der Waals surface area contributed by atoms with Crippen LogP contribution >= 0.6 is 0 Å². The third-order valence-electron chi connectivity index (χ3n) is 5.80. The molecule has 7 nitrogen and oxygen atoms in total. The van der Waals surface area contributed by atoms with Crippen LogP contribution in [0.4, 0.5) is 0 Å². The summed E-state index contributed by atoms with van der Waals surface area (Å²) in [7, 11) is 0. The van der Waals surface area contributed by atoms with Crippen LogP contribution in [0, 0.1) is 11.3 Å². The van der Waals surface area contributed by atoms with Crippen LogP contribution in [0.15, 0.2) is 36.4 Å².